The Morgan fingerprint density at radius 2 is 1.65 bits per heavy atom. The van der Waals surface area contributed by atoms with E-state index in [-0.39, 0.29) is 24.0 Å². The van der Waals surface area contributed by atoms with Crippen molar-refractivity contribution in [2.24, 2.45) is 5.73 Å². The zero-order valence-corrected chi connectivity index (χ0v) is 13.8. The van der Waals surface area contributed by atoms with Crippen LogP contribution in [0.3, 0.4) is 0 Å². The third-order valence-electron chi connectivity index (χ3n) is 5.15. The fraction of sp³-hybridized carbons (Fsp3) is 0.875. The van der Waals surface area contributed by atoms with Gasteiger partial charge in [0.1, 0.15) is 6.10 Å². The number of nitrogens with two attached hydrogens (primary N) is 1. The molecular formula is C16H28N4O3. The number of piperazine rings is 1. The molecule has 0 radical (unpaired) electrons. The molecule has 3 aliphatic rings. The third kappa shape index (κ3) is 4.02. The molecule has 0 unspecified atom stereocenters. The molecule has 3 heterocycles. The summed E-state index contributed by atoms with van der Waals surface area (Å²) < 4.78 is 5.69. The quantitative estimate of drug-likeness (QED) is 0.737. The first kappa shape index (κ1) is 16.7. The Bertz CT molecular complexity index is 431. The van der Waals surface area contributed by atoms with Crippen molar-refractivity contribution in [1.82, 2.24) is 14.7 Å². The zero-order chi connectivity index (χ0) is 16.2. The van der Waals surface area contributed by atoms with E-state index in [1.165, 1.54) is 0 Å². The molecule has 0 saturated carbocycles. The molecule has 7 heteroatoms. The van der Waals surface area contributed by atoms with Gasteiger partial charge < -0.3 is 20.3 Å². The summed E-state index contributed by atoms with van der Waals surface area (Å²) >= 11 is 0. The van der Waals surface area contributed by atoms with Crippen molar-refractivity contribution in [2.75, 3.05) is 52.4 Å². The minimum absolute atomic E-state index is 0.0309. The molecule has 0 bridgehead atoms. The number of likely N-dealkylation sites (tertiary alicyclic amines) is 1. The Morgan fingerprint density at radius 1 is 0.957 bits per heavy atom. The molecule has 2 N–H and O–H groups in total. The minimum Gasteiger partial charge on any atom is -0.364 e. The second-order valence-electron chi connectivity index (χ2n) is 6.75. The summed E-state index contributed by atoms with van der Waals surface area (Å²) in [5.41, 5.74) is 5.60. The van der Waals surface area contributed by atoms with Crippen molar-refractivity contribution in [3.05, 3.63) is 0 Å². The second kappa shape index (κ2) is 7.59. The van der Waals surface area contributed by atoms with Crippen LogP contribution in [0, 0.1) is 0 Å². The van der Waals surface area contributed by atoms with Gasteiger partial charge in [-0.3, -0.25) is 14.5 Å². The Labute approximate surface area is 137 Å². The molecule has 2 amide bonds. The van der Waals surface area contributed by atoms with Gasteiger partial charge in [0, 0.05) is 45.8 Å². The van der Waals surface area contributed by atoms with Gasteiger partial charge in [-0.25, -0.2) is 0 Å². The normalized spacial score (nSPS) is 29.3. The topological polar surface area (TPSA) is 79.1 Å². The number of carbonyl (C=O) groups excluding carboxylic acids is 2. The van der Waals surface area contributed by atoms with Gasteiger partial charge in [0.05, 0.1) is 12.6 Å². The number of hydrogen-bond acceptors (Lipinski definition) is 5. The Hall–Kier alpha value is -1.18. The molecule has 0 aliphatic carbocycles. The average molecular weight is 324 g/mol. The van der Waals surface area contributed by atoms with Crippen molar-refractivity contribution >= 4 is 11.8 Å². The van der Waals surface area contributed by atoms with E-state index in [0.717, 1.165) is 51.9 Å². The van der Waals surface area contributed by atoms with Gasteiger partial charge >= 0.3 is 0 Å². The molecule has 3 fully saturated rings. The summed E-state index contributed by atoms with van der Waals surface area (Å²) in [6.45, 7) is 5.65. The van der Waals surface area contributed by atoms with E-state index < -0.39 is 0 Å². The molecule has 2 atom stereocenters. The van der Waals surface area contributed by atoms with Gasteiger partial charge in [-0.1, -0.05) is 0 Å². The predicted molar refractivity (Wildman–Crippen MR) is 85.8 cm³/mol. The van der Waals surface area contributed by atoms with Crippen LogP contribution < -0.4 is 5.73 Å². The van der Waals surface area contributed by atoms with Crippen molar-refractivity contribution in [1.29, 1.82) is 0 Å². The Kier molecular flexibility index (Phi) is 5.50. The summed E-state index contributed by atoms with van der Waals surface area (Å²) in [6, 6.07) is 0. The highest BCUT2D eigenvalue weighted by Crippen LogP contribution is 2.21. The van der Waals surface area contributed by atoms with Crippen LogP contribution in [0.5, 0.6) is 0 Å². The van der Waals surface area contributed by atoms with Crippen LogP contribution in [-0.4, -0.2) is 91.1 Å². The van der Waals surface area contributed by atoms with Crippen LogP contribution in [-0.2, 0) is 14.3 Å². The van der Waals surface area contributed by atoms with Gasteiger partial charge in [-0.05, 0) is 25.7 Å². The maximum atomic E-state index is 12.5. The maximum absolute atomic E-state index is 12.5. The highest BCUT2D eigenvalue weighted by atomic mass is 16.5. The lowest BCUT2D eigenvalue weighted by atomic mass is 10.1. The Morgan fingerprint density at radius 3 is 2.26 bits per heavy atom. The van der Waals surface area contributed by atoms with E-state index in [2.05, 4.69) is 4.90 Å². The fourth-order valence-electron chi connectivity index (χ4n) is 3.65. The molecule has 0 aromatic carbocycles. The van der Waals surface area contributed by atoms with Crippen molar-refractivity contribution in [2.45, 2.75) is 37.9 Å². The van der Waals surface area contributed by atoms with Crippen molar-refractivity contribution in [3.63, 3.8) is 0 Å². The van der Waals surface area contributed by atoms with Crippen molar-refractivity contribution in [3.8, 4) is 0 Å². The molecule has 0 aromatic rings. The lowest BCUT2D eigenvalue weighted by molar-refractivity contribution is -0.144. The fourth-order valence-corrected chi connectivity index (χ4v) is 3.65. The number of amides is 2. The predicted octanol–water partition coefficient (Wildman–Crippen LogP) is -0.741. The zero-order valence-electron chi connectivity index (χ0n) is 13.8. The Balaban J connectivity index is 1.41. The van der Waals surface area contributed by atoms with E-state index in [1.54, 1.807) is 0 Å². The second-order valence-corrected chi connectivity index (χ2v) is 6.75. The summed E-state index contributed by atoms with van der Waals surface area (Å²) in [5.74, 6) is 0.318. The van der Waals surface area contributed by atoms with E-state index in [9.17, 15) is 9.59 Å². The smallest absolute Gasteiger partial charge is 0.251 e. The van der Waals surface area contributed by atoms with Crippen LogP contribution in [0.4, 0.5) is 0 Å². The summed E-state index contributed by atoms with van der Waals surface area (Å²) in [6.07, 6.45) is 3.61. The molecule has 130 valence electrons. The number of ether oxygens (including phenoxy) is 1. The summed E-state index contributed by atoms with van der Waals surface area (Å²) in [7, 11) is 0. The van der Waals surface area contributed by atoms with Gasteiger partial charge in [0.15, 0.2) is 0 Å². The maximum Gasteiger partial charge on any atom is 0.251 e. The van der Waals surface area contributed by atoms with Crippen LogP contribution in [0.15, 0.2) is 0 Å². The monoisotopic (exact) mass is 324 g/mol. The number of rotatable bonds is 4. The van der Waals surface area contributed by atoms with Crippen molar-refractivity contribution < 1.29 is 14.3 Å². The van der Waals surface area contributed by atoms with Gasteiger partial charge in [0.25, 0.3) is 5.91 Å². The lowest BCUT2D eigenvalue weighted by Crippen LogP contribution is -2.53. The van der Waals surface area contributed by atoms with Gasteiger partial charge in [-0.2, -0.15) is 0 Å². The van der Waals surface area contributed by atoms with E-state index in [0.29, 0.717) is 26.2 Å². The highest BCUT2D eigenvalue weighted by molar-refractivity contribution is 5.81. The average Bonchev–Trinajstić information content (AvgIpc) is 3.26. The van der Waals surface area contributed by atoms with Gasteiger partial charge in [0.2, 0.25) is 5.91 Å². The molecular weight excluding hydrogens is 296 g/mol. The number of carbonyl (C=O) groups is 2. The summed E-state index contributed by atoms with van der Waals surface area (Å²) in [4.78, 5) is 30.6. The van der Waals surface area contributed by atoms with Crippen LogP contribution >= 0.6 is 0 Å². The lowest BCUT2D eigenvalue weighted by Gasteiger charge is -2.36. The third-order valence-corrected chi connectivity index (χ3v) is 5.15. The molecule has 0 spiro atoms. The first-order valence-electron chi connectivity index (χ1n) is 8.82. The van der Waals surface area contributed by atoms with Crippen LogP contribution in [0.2, 0.25) is 0 Å². The largest absolute Gasteiger partial charge is 0.364 e. The molecule has 23 heavy (non-hydrogen) atoms. The van der Waals surface area contributed by atoms with E-state index in [4.69, 9.17) is 10.5 Å². The van der Waals surface area contributed by atoms with Gasteiger partial charge in [-0.15, -0.1) is 0 Å². The molecule has 0 aromatic heterocycles. The molecule has 3 rings (SSSR count). The molecule has 3 aliphatic heterocycles. The summed E-state index contributed by atoms with van der Waals surface area (Å²) in [5, 5.41) is 0. The highest BCUT2D eigenvalue weighted by Gasteiger charge is 2.34. The SMILES string of the molecule is NC[C@H]1CC[C@@H](C(=O)N2CCN(CC(=O)N3CCCC3)CC2)O1. The number of hydrogen-bond donors (Lipinski definition) is 1. The van der Waals surface area contributed by atoms with Crippen LogP contribution in [0.25, 0.3) is 0 Å². The first-order valence-corrected chi connectivity index (χ1v) is 8.82. The van der Waals surface area contributed by atoms with E-state index >= 15 is 0 Å². The standard InChI is InChI=1S/C16H28N4O3/c17-11-13-3-4-14(23-13)16(22)20-9-7-18(8-10-20)12-15(21)19-5-1-2-6-19/h13-14H,1-12,17H2/t13-,14+/m1/s1. The molecule has 3 saturated heterocycles. The number of nitrogens with zero attached hydrogens (tertiary/aromatic N) is 3. The van der Waals surface area contributed by atoms with Crippen LogP contribution in [0.1, 0.15) is 25.7 Å². The van der Waals surface area contributed by atoms with E-state index in [1.807, 2.05) is 9.80 Å². The first-order chi connectivity index (χ1) is 11.2. The molecule has 7 nitrogen and oxygen atoms in total. The minimum atomic E-state index is -0.318.